The highest BCUT2D eigenvalue weighted by molar-refractivity contribution is 9.10. The van der Waals surface area contributed by atoms with Crippen molar-refractivity contribution in [1.82, 2.24) is 25.1 Å². The summed E-state index contributed by atoms with van der Waals surface area (Å²) in [4.78, 5) is 17.7. The molecule has 35 heavy (non-hydrogen) atoms. The lowest BCUT2D eigenvalue weighted by Gasteiger charge is -2.16. The van der Waals surface area contributed by atoms with Gasteiger partial charge in [-0.25, -0.2) is 4.98 Å². The van der Waals surface area contributed by atoms with Crippen molar-refractivity contribution >= 4 is 94.2 Å². The fourth-order valence-corrected chi connectivity index (χ4v) is 5.85. The summed E-state index contributed by atoms with van der Waals surface area (Å²) in [6.45, 7) is 1.96. The van der Waals surface area contributed by atoms with Crippen LogP contribution in [0.5, 0.6) is 0 Å². The van der Waals surface area contributed by atoms with Gasteiger partial charge in [-0.15, -0.1) is 15.3 Å². The number of amides is 1. The summed E-state index contributed by atoms with van der Waals surface area (Å²) < 4.78 is 3.97. The Morgan fingerprint density at radius 3 is 2.63 bits per heavy atom. The molecular formula is C23H19Br2N7OS2. The van der Waals surface area contributed by atoms with E-state index in [-0.39, 0.29) is 5.91 Å². The lowest BCUT2D eigenvalue weighted by molar-refractivity contribution is -0.119. The fourth-order valence-electron chi connectivity index (χ4n) is 3.65. The van der Waals surface area contributed by atoms with Crippen LogP contribution in [0.2, 0.25) is 0 Å². The quantitative estimate of drug-likeness (QED) is 0.290. The Morgan fingerprint density at radius 1 is 1.14 bits per heavy atom. The number of hydrogen-bond donors (Lipinski definition) is 1. The molecule has 1 unspecified atom stereocenters. The normalized spacial score (nSPS) is 14.6. The molecule has 0 saturated heterocycles. The van der Waals surface area contributed by atoms with E-state index in [0.29, 0.717) is 22.5 Å². The number of nitrogens with zero attached hydrogens (tertiary/aromatic N) is 6. The Hall–Kier alpha value is -2.28. The van der Waals surface area contributed by atoms with Gasteiger partial charge < -0.3 is 9.88 Å². The van der Waals surface area contributed by atoms with Crippen LogP contribution in [0.15, 0.2) is 66.8 Å². The summed E-state index contributed by atoms with van der Waals surface area (Å²) in [5.74, 6) is 0.474. The molecule has 1 atom stereocenters. The second-order valence-electron chi connectivity index (χ2n) is 7.74. The lowest BCUT2D eigenvalue weighted by Crippen LogP contribution is -2.37. The van der Waals surface area contributed by atoms with Crippen molar-refractivity contribution in [2.24, 2.45) is 17.3 Å². The summed E-state index contributed by atoms with van der Waals surface area (Å²) in [5, 5.41) is 21.7. The molecular weight excluding hydrogens is 614 g/mol. The van der Waals surface area contributed by atoms with Gasteiger partial charge in [0.05, 0.1) is 16.5 Å². The van der Waals surface area contributed by atoms with E-state index in [1.165, 1.54) is 23.5 Å². The number of nitrogens with one attached hydrogen (secondary N) is 1. The van der Waals surface area contributed by atoms with Gasteiger partial charge in [0, 0.05) is 27.1 Å². The van der Waals surface area contributed by atoms with E-state index in [0.717, 1.165) is 42.3 Å². The molecule has 0 aliphatic carbocycles. The third-order valence-electron chi connectivity index (χ3n) is 5.47. The van der Waals surface area contributed by atoms with Crippen LogP contribution >= 0.6 is 55.4 Å². The Kier molecular flexibility index (Phi) is 7.24. The summed E-state index contributed by atoms with van der Waals surface area (Å²) in [5.41, 5.74) is 4.37. The number of rotatable bonds is 5. The molecule has 1 aliphatic rings. The molecule has 1 amide bonds. The average molecular weight is 633 g/mol. The van der Waals surface area contributed by atoms with Gasteiger partial charge in [0.2, 0.25) is 11.1 Å². The predicted molar refractivity (Wildman–Crippen MR) is 150 cm³/mol. The smallest absolute Gasteiger partial charge is 0.239 e. The van der Waals surface area contributed by atoms with Crippen LogP contribution in [0.25, 0.3) is 22.1 Å². The maximum Gasteiger partial charge on any atom is 0.239 e. The molecule has 2 aromatic carbocycles. The van der Waals surface area contributed by atoms with E-state index in [2.05, 4.69) is 57.6 Å². The first-order valence-corrected chi connectivity index (χ1v) is 14.2. The first-order valence-electron chi connectivity index (χ1n) is 10.7. The van der Waals surface area contributed by atoms with E-state index in [1.54, 1.807) is 0 Å². The van der Waals surface area contributed by atoms with E-state index in [4.69, 9.17) is 4.98 Å². The Bertz CT molecular complexity index is 1500. The Balaban J connectivity index is 1.31. The molecule has 4 aromatic rings. The first-order chi connectivity index (χ1) is 16.9. The maximum absolute atomic E-state index is 13.0. The molecule has 0 saturated carbocycles. The van der Waals surface area contributed by atoms with Gasteiger partial charge in [0.25, 0.3) is 0 Å². The fraction of sp³-hybridized carbons (Fsp3) is 0.217. The maximum atomic E-state index is 13.0. The molecule has 8 nitrogen and oxygen atoms in total. The number of aryl methyl sites for hydroxylation is 1. The number of amidine groups is 1. The Labute approximate surface area is 226 Å². The zero-order valence-corrected chi connectivity index (χ0v) is 23.5. The van der Waals surface area contributed by atoms with Gasteiger partial charge in [-0.3, -0.25) is 4.79 Å². The van der Waals surface area contributed by atoms with Gasteiger partial charge in [0.1, 0.15) is 5.52 Å². The minimum Gasteiger partial charge on any atom is -0.327 e. The minimum atomic E-state index is -0.391. The molecule has 0 bridgehead atoms. The summed E-state index contributed by atoms with van der Waals surface area (Å²) in [7, 11) is 1.95. The predicted octanol–water partition coefficient (Wildman–Crippen LogP) is 5.54. The van der Waals surface area contributed by atoms with Crippen LogP contribution in [-0.4, -0.2) is 47.5 Å². The van der Waals surface area contributed by atoms with Crippen LogP contribution in [0, 0.1) is 0 Å². The highest BCUT2D eigenvalue weighted by Crippen LogP contribution is 2.30. The molecule has 3 heterocycles. The Morgan fingerprint density at radius 2 is 1.91 bits per heavy atom. The second kappa shape index (κ2) is 10.4. The van der Waals surface area contributed by atoms with Crippen molar-refractivity contribution in [1.29, 1.82) is 0 Å². The number of carbonyl (C=O) groups excluding carboxylic acids is 1. The van der Waals surface area contributed by atoms with Gasteiger partial charge in [-0.2, -0.15) is 5.10 Å². The van der Waals surface area contributed by atoms with Crippen molar-refractivity contribution in [3.8, 4) is 0 Å². The number of hydrogen-bond acceptors (Lipinski definition) is 8. The van der Waals surface area contributed by atoms with Crippen molar-refractivity contribution in [2.75, 3.05) is 5.75 Å². The first kappa shape index (κ1) is 24.4. The zero-order valence-electron chi connectivity index (χ0n) is 18.7. The molecule has 0 spiro atoms. The van der Waals surface area contributed by atoms with Crippen LogP contribution in [-0.2, 0) is 11.8 Å². The number of benzene rings is 2. The largest absolute Gasteiger partial charge is 0.327 e. The lowest BCUT2D eigenvalue weighted by atomic mass is 10.1. The standard InChI is InChI=1S/C23H19Br2N7OS2/c1-3-18(21(33)27-22-30-28-16(11-34-22)12-4-6-13(24)7-5-12)35-23-26-20-19(29-31-23)15-10-14(25)8-9-17(15)32(20)2/h4-10,18H,3,11H2,1-2H3,(H,27,30,33). The third kappa shape index (κ3) is 5.16. The molecule has 1 N–H and O–H groups in total. The van der Waals surface area contributed by atoms with E-state index in [9.17, 15) is 4.79 Å². The number of fused-ring (bicyclic) bond motifs is 3. The molecule has 5 rings (SSSR count). The van der Waals surface area contributed by atoms with Crippen molar-refractivity contribution in [3.05, 3.63) is 57.0 Å². The van der Waals surface area contributed by atoms with Crippen LogP contribution in [0.3, 0.4) is 0 Å². The van der Waals surface area contributed by atoms with E-state index in [1.807, 2.05) is 61.0 Å². The molecule has 1 aliphatic heterocycles. The minimum absolute atomic E-state index is 0.157. The molecule has 0 radical (unpaired) electrons. The van der Waals surface area contributed by atoms with E-state index < -0.39 is 5.25 Å². The van der Waals surface area contributed by atoms with Crippen molar-refractivity contribution in [3.63, 3.8) is 0 Å². The molecule has 0 fully saturated rings. The highest BCUT2D eigenvalue weighted by Gasteiger charge is 2.23. The van der Waals surface area contributed by atoms with Crippen molar-refractivity contribution in [2.45, 2.75) is 23.8 Å². The third-order valence-corrected chi connectivity index (χ3v) is 8.58. The summed E-state index contributed by atoms with van der Waals surface area (Å²) >= 11 is 9.70. The summed E-state index contributed by atoms with van der Waals surface area (Å²) in [6.07, 6.45) is 0.602. The number of thioether (sulfide) groups is 2. The highest BCUT2D eigenvalue weighted by atomic mass is 79.9. The topological polar surface area (TPSA) is 97.4 Å². The second-order valence-corrected chi connectivity index (χ2v) is 11.7. The van der Waals surface area contributed by atoms with Gasteiger partial charge in [-0.1, -0.05) is 74.4 Å². The van der Waals surface area contributed by atoms with Crippen LogP contribution in [0.1, 0.15) is 18.9 Å². The van der Waals surface area contributed by atoms with Crippen LogP contribution in [0.4, 0.5) is 0 Å². The monoisotopic (exact) mass is 631 g/mol. The van der Waals surface area contributed by atoms with Crippen LogP contribution < -0.4 is 5.32 Å². The van der Waals surface area contributed by atoms with Crippen molar-refractivity contribution < 1.29 is 4.79 Å². The zero-order chi connectivity index (χ0) is 24.5. The number of halogens is 2. The number of aromatic nitrogens is 4. The van der Waals surface area contributed by atoms with Gasteiger partial charge in [0.15, 0.2) is 10.8 Å². The summed E-state index contributed by atoms with van der Waals surface area (Å²) in [6, 6.07) is 13.9. The van der Waals surface area contributed by atoms with E-state index >= 15 is 0 Å². The SMILES string of the molecule is CCC(Sc1nnc2c3cc(Br)ccc3n(C)c2n1)C(=O)NC1=NN=C(c2ccc(Br)cc2)CS1. The number of carbonyl (C=O) groups is 1. The van der Waals surface area contributed by atoms with Gasteiger partial charge >= 0.3 is 0 Å². The molecule has 178 valence electrons. The van der Waals surface area contributed by atoms with Gasteiger partial charge in [-0.05, 0) is 42.3 Å². The average Bonchev–Trinajstić information content (AvgIpc) is 3.14. The molecule has 2 aromatic heterocycles. The molecule has 12 heteroatoms.